The summed E-state index contributed by atoms with van der Waals surface area (Å²) >= 11 is 6.10. The van der Waals surface area contributed by atoms with Gasteiger partial charge >= 0.3 is 0 Å². The van der Waals surface area contributed by atoms with Gasteiger partial charge < -0.3 is 9.64 Å². The van der Waals surface area contributed by atoms with Crippen molar-refractivity contribution in [1.82, 2.24) is 4.90 Å². The van der Waals surface area contributed by atoms with E-state index in [1.165, 1.54) is 0 Å². The Morgan fingerprint density at radius 2 is 1.82 bits per heavy atom. The van der Waals surface area contributed by atoms with Crippen LogP contribution in [-0.4, -0.2) is 17.9 Å². The molecule has 0 bridgehead atoms. The van der Waals surface area contributed by atoms with Crippen LogP contribution in [-0.2, 0) is 12.1 Å². The Labute approximate surface area is 135 Å². The Bertz CT molecular complexity index is 722. The van der Waals surface area contributed by atoms with Crippen molar-refractivity contribution in [2.45, 2.75) is 25.9 Å². The van der Waals surface area contributed by atoms with Crippen LogP contribution in [0.15, 0.2) is 42.5 Å². The van der Waals surface area contributed by atoms with Gasteiger partial charge in [-0.3, -0.25) is 4.79 Å². The fourth-order valence-corrected chi connectivity index (χ4v) is 3.11. The van der Waals surface area contributed by atoms with E-state index in [1.807, 2.05) is 41.3 Å². The molecule has 0 fully saturated rings. The van der Waals surface area contributed by atoms with Crippen LogP contribution in [0, 0.1) is 0 Å². The normalized spacial score (nSPS) is 15.8. The molecule has 22 heavy (non-hydrogen) atoms. The molecule has 0 spiro atoms. The van der Waals surface area contributed by atoms with Gasteiger partial charge in [-0.05, 0) is 55.3 Å². The van der Waals surface area contributed by atoms with Gasteiger partial charge in [0.1, 0.15) is 5.75 Å². The molecule has 0 aromatic heterocycles. The number of hydrogen-bond acceptors (Lipinski definition) is 2. The van der Waals surface area contributed by atoms with Crippen LogP contribution >= 0.6 is 11.6 Å². The summed E-state index contributed by atoms with van der Waals surface area (Å²) < 4.78 is 5.17. The fraction of sp³-hybridized carbons (Fsp3) is 0.278. The summed E-state index contributed by atoms with van der Waals surface area (Å²) in [6.45, 7) is 4.66. The number of halogens is 1. The molecule has 1 heterocycles. The Morgan fingerprint density at radius 3 is 2.45 bits per heavy atom. The third-order valence-corrected chi connectivity index (χ3v) is 4.53. The molecule has 1 aliphatic rings. The number of hydrogen-bond donors (Lipinski definition) is 0. The summed E-state index contributed by atoms with van der Waals surface area (Å²) in [6.07, 6.45) is 0. The number of ether oxygens (including phenoxy) is 1. The number of fused-ring (bicyclic) bond motifs is 1. The molecular weight excluding hydrogens is 298 g/mol. The van der Waals surface area contributed by atoms with E-state index in [0.717, 1.165) is 22.4 Å². The minimum atomic E-state index is -0.378. The maximum absolute atomic E-state index is 12.7. The van der Waals surface area contributed by atoms with Crippen molar-refractivity contribution in [3.05, 3.63) is 64.2 Å². The largest absolute Gasteiger partial charge is 0.497 e. The Hall–Kier alpha value is -2.00. The number of methoxy groups -OCH3 is 1. The summed E-state index contributed by atoms with van der Waals surface area (Å²) in [5, 5.41) is 0.658. The van der Waals surface area contributed by atoms with Crippen molar-refractivity contribution in [3.8, 4) is 5.75 Å². The van der Waals surface area contributed by atoms with E-state index >= 15 is 0 Å². The highest BCUT2D eigenvalue weighted by atomic mass is 35.5. The second-order valence-corrected chi connectivity index (χ2v) is 6.42. The van der Waals surface area contributed by atoms with E-state index < -0.39 is 0 Å². The molecule has 0 radical (unpaired) electrons. The summed E-state index contributed by atoms with van der Waals surface area (Å²) in [5.41, 5.74) is 2.42. The first kappa shape index (κ1) is 14.9. The SMILES string of the molecule is COc1ccc(CN2C(=O)c3ccc(Cl)cc3C2(C)C)cc1. The number of benzene rings is 2. The van der Waals surface area contributed by atoms with Crippen molar-refractivity contribution < 1.29 is 9.53 Å². The fourth-order valence-electron chi connectivity index (χ4n) is 2.94. The molecule has 0 atom stereocenters. The quantitative estimate of drug-likeness (QED) is 0.848. The van der Waals surface area contributed by atoms with Crippen LogP contribution in [0.1, 0.15) is 35.3 Å². The lowest BCUT2D eigenvalue weighted by molar-refractivity contribution is 0.0595. The number of rotatable bonds is 3. The second kappa shape index (κ2) is 5.33. The Kier molecular flexibility index (Phi) is 3.61. The maximum Gasteiger partial charge on any atom is 0.255 e. The summed E-state index contributed by atoms with van der Waals surface area (Å²) in [6, 6.07) is 13.3. The zero-order valence-corrected chi connectivity index (χ0v) is 13.6. The molecule has 0 N–H and O–H groups in total. The third-order valence-electron chi connectivity index (χ3n) is 4.29. The predicted molar refractivity (Wildman–Crippen MR) is 87.3 cm³/mol. The second-order valence-electron chi connectivity index (χ2n) is 5.99. The molecule has 0 unspecified atom stereocenters. The highest BCUT2D eigenvalue weighted by molar-refractivity contribution is 6.30. The molecule has 2 aromatic carbocycles. The average molecular weight is 316 g/mol. The average Bonchev–Trinajstić information content (AvgIpc) is 2.69. The van der Waals surface area contributed by atoms with Gasteiger partial charge in [-0.15, -0.1) is 0 Å². The molecule has 0 saturated carbocycles. The number of nitrogens with zero attached hydrogens (tertiary/aromatic N) is 1. The van der Waals surface area contributed by atoms with Gasteiger partial charge in [-0.2, -0.15) is 0 Å². The minimum Gasteiger partial charge on any atom is -0.497 e. The van der Waals surface area contributed by atoms with Crippen LogP contribution in [0.25, 0.3) is 0 Å². The van der Waals surface area contributed by atoms with Gasteiger partial charge in [0, 0.05) is 17.1 Å². The summed E-state index contributed by atoms with van der Waals surface area (Å²) in [5.74, 6) is 0.860. The lowest BCUT2D eigenvalue weighted by Gasteiger charge is -2.32. The highest BCUT2D eigenvalue weighted by Gasteiger charge is 2.42. The first-order valence-corrected chi connectivity index (χ1v) is 7.56. The molecule has 3 rings (SSSR count). The van der Waals surface area contributed by atoms with E-state index in [0.29, 0.717) is 11.6 Å². The van der Waals surface area contributed by atoms with Crippen molar-refractivity contribution >= 4 is 17.5 Å². The third kappa shape index (κ3) is 2.35. The topological polar surface area (TPSA) is 29.5 Å². The lowest BCUT2D eigenvalue weighted by atomic mass is 9.93. The molecule has 4 heteroatoms. The Morgan fingerprint density at radius 1 is 1.14 bits per heavy atom. The van der Waals surface area contributed by atoms with Crippen LogP contribution in [0.4, 0.5) is 0 Å². The Balaban J connectivity index is 1.93. The van der Waals surface area contributed by atoms with Gasteiger partial charge in [0.05, 0.1) is 12.6 Å². The van der Waals surface area contributed by atoms with E-state index in [9.17, 15) is 4.79 Å². The molecule has 3 nitrogen and oxygen atoms in total. The maximum atomic E-state index is 12.7. The predicted octanol–water partition coefficient (Wildman–Crippen LogP) is 4.24. The van der Waals surface area contributed by atoms with Gasteiger partial charge in [-0.1, -0.05) is 23.7 Å². The molecule has 1 amide bonds. The van der Waals surface area contributed by atoms with Gasteiger partial charge in [-0.25, -0.2) is 0 Å². The summed E-state index contributed by atoms with van der Waals surface area (Å²) in [7, 11) is 1.64. The van der Waals surface area contributed by atoms with E-state index in [-0.39, 0.29) is 11.4 Å². The zero-order chi connectivity index (χ0) is 15.9. The molecule has 1 aliphatic heterocycles. The smallest absolute Gasteiger partial charge is 0.255 e. The molecular formula is C18H18ClNO2. The van der Waals surface area contributed by atoms with Crippen molar-refractivity contribution in [1.29, 1.82) is 0 Å². The number of carbonyl (C=O) groups is 1. The van der Waals surface area contributed by atoms with E-state index in [1.54, 1.807) is 13.2 Å². The van der Waals surface area contributed by atoms with Crippen LogP contribution in [0.3, 0.4) is 0 Å². The molecule has 114 valence electrons. The van der Waals surface area contributed by atoms with Crippen LogP contribution in [0.5, 0.6) is 5.75 Å². The molecule has 2 aromatic rings. The first-order chi connectivity index (χ1) is 10.4. The lowest BCUT2D eigenvalue weighted by Crippen LogP contribution is -2.38. The highest BCUT2D eigenvalue weighted by Crippen LogP contribution is 2.40. The van der Waals surface area contributed by atoms with Gasteiger partial charge in [0.2, 0.25) is 0 Å². The van der Waals surface area contributed by atoms with Gasteiger partial charge in [0.25, 0.3) is 5.91 Å². The molecule has 0 aliphatic carbocycles. The number of carbonyl (C=O) groups excluding carboxylic acids is 1. The van der Waals surface area contributed by atoms with E-state index in [4.69, 9.17) is 16.3 Å². The summed E-state index contributed by atoms with van der Waals surface area (Å²) in [4.78, 5) is 14.6. The van der Waals surface area contributed by atoms with Crippen LogP contribution < -0.4 is 4.74 Å². The number of amides is 1. The zero-order valence-electron chi connectivity index (χ0n) is 12.9. The van der Waals surface area contributed by atoms with Crippen molar-refractivity contribution in [3.63, 3.8) is 0 Å². The molecule has 0 saturated heterocycles. The minimum absolute atomic E-state index is 0.0486. The first-order valence-electron chi connectivity index (χ1n) is 7.18. The standard InChI is InChI=1S/C18H18ClNO2/c1-18(2)16-10-13(19)6-9-15(16)17(21)20(18)11-12-4-7-14(22-3)8-5-12/h4-10H,11H2,1-3H3. The van der Waals surface area contributed by atoms with Crippen LogP contribution in [0.2, 0.25) is 5.02 Å². The monoisotopic (exact) mass is 315 g/mol. The van der Waals surface area contributed by atoms with Crippen molar-refractivity contribution in [2.75, 3.05) is 7.11 Å². The van der Waals surface area contributed by atoms with Crippen molar-refractivity contribution in [2.24, 2.45) is 0 Å². The van der Waals surface area contributed by atoms with Gasteiger partial charge in [0.15, 0.2) is 0 Å². The van der Waals surface area contributed by atoms with E-state index in [2.05, 4.69) is 13.8 Å².